The van der Waals surface area contributed by atoms with E-state index in [-0.39, 0.29) is 16.4 Å². The Kier molecular flexibility index (Phi) is 2.93. The number of para-hydroxylation sites is 1. The van der Waals surface area contributed by atoms with Gasteiger partial charge in [0, 0.05) is 12.3 Å². The summed E-state index contributed by atoms with van der Waals surface area (Å²) < 4.78 is 2.09. The van der Waals surface area contributed by atoms with Crippen molar-refractivity contribution in [2.45, 2.75) is 0 Å². The van der Waals surface area contributed by atoms with Crippen molar-refractivity contribution in [1.82, 2.24) is 9.78 Å². The molecule has 0 spiro atoms. The van der Waals surface area contributed by atoms with Crippen LogP contribution in [0.25, 0.3) is 5.69 Å². The van der Waals surface area contributed by atoms with Gasteiger partial charge >= 0.3 is 0 Å². The van der Waals surface area contributed by atoms with Gasteiger partial charge in [0.1, 0.15) is 0 Å². The van der Waals surface area contributed by atoms with E-state index in [2.05, 4.69) is 21.0 Å². The maximum Gasteiger partial charge on any atom is 0.296 e. The Morgan fingerprint density at radius 2 is 2.25 bits per heavy atom. The molecule has 5 nitrogen and oxygen atoms in total. The van der Waals surface area contributed by atoms with Crippen LogP contribution in [0.2, 0.25) is 5.02 Å². The zero-order valence-electron chi connectivity index (χ0n) is 7.80. The molecule has 1 aromatic carbocycles. The molecule has 0 bridgehead atoms. The summed E-state index contributed by atoms with van der Waals surface area (Å²) >= 11 is 9.16. The van der Waals surface area contributed by atoms with Crippen molar-refractivity contribution in [1.29, 1.82) is 0 Å². The Balaban J connectivity index is 2.67. The normalized spacial score (nSPS) is 10.4. The first-order chi connectivity index (χ1) is 7.59. The summed E-state index contributed by atoms with van der Waals surface area (Å²) in [5.74, 6) is 0. The SMILES string of the molecule is O=[N+]([O-])c1cccc(Cl)c1-n1cc(Br)cn1. The molecule has 1 aromatic heterocycles. The lowest BCUT2D eigenvalue weighted by Crippen LogP contribution is -2.01. The molecule has 0 saturated carbocycles. The van der Waals surface area contributed by atoms with Crippen LogP contribution in [0.15, 0.2) is 35.1 Å². The molecule has 0 aliphatic heterocycles. The molecule has 0 aliphatic carbocycles. The van der Waals surface area contributed by atoms with Gasteiger partial charge in [-0.1, -0.05) is 17.7 Å². The monoisotopic (exact) mass is 301 g/mol. The number of nitro groups is 1. The molecule has 0 amide bonds. The van der Waals surface area contributed by atoms with Gasteiger partial charge in [-0.15, -0.1) is 0 Å². The lowest BCUT2D eigenvalue weighted by Gasteiger charge is -2.04. The first-order valence-electron chi connectivity index (χ1n) is 4.23. The number of aromatic nitrogens is 2. The predicted molar refractivity (Wildman–Crippen MR) is 62.9 cm³/mol. The Morgan fingerprint density at radius 1 is 1.50 bits per heavy atom. The van der Waals surface area contributed by atoms with Crippen LogP contribution in [0.4, 0.5) is 5.69 Å². The Morgan fingerprint density at radius 3 is 2.81 bits per heavy atom. The van der Waals surface area contributed by atoms with E-state index in [1.165, 1.54) is 23.0 Å². The van der Waals surface area contributed by atoms with Crippen molar-refractivity contribution >= 4 is 33.2 Å². The van der Waals surface area contributed by atoms with Gasteiger partial charge in [-0.3, -0.25) is 10.1 Å². The molecule has 2 rings (SSSR count). The van der Waals surface area contributed by atoms with Gasteiger partial charge in [-0.05, 0) is 22.0 Å². The van der Waals surface area contributed by atoms with E-state index < -0.39 is 4.92 Å². The van der Waals surface area contributed by atoms with Gasteiger partial charge < -0.3 is 0 Å². The molecule has 7 heteroatoms. The highest BCUT2D eigenvalue weighted by Gasteiger charge is 2.18. The van der Waals surface area contributed by atoms with E-state index >= 15 is 0 Å². The Hall–Kier alpha value is -1.40. The summed E-state index contributed by atoms with van der Waals surface area (Å²) in [7, 11) is 0. The zero-order chi connectivity index (χ0) is 11.7. The van der Waals surface area contributed by atoms with Crippen LogP contribution < -0.4 is 0 Å². The van der Waals surface area contributed by atoms with Crippen molar-refractivity contribution < 1.29 is 4.92 Å². The maximum atomic E-state index is 10.8. The summed E-state index contributed by atoms with van der Waals surface area (Å²) in [4.78, 5) is 10.4. The number of benzene rings is 1. The molecule has 0 radical (unpaired) electrons. The number of hydrogen-bond acceptors (Lipinski definition) is 3. The molecule has 0 unspecified atom stereocenters. The third-order valence-corrected chi connectivity index (χ3v) is 2.66. The van der Waals surface area contributed by atoms with E-state index in [1.807, 2.05) is 0 Å². The molecule has 82 valence electrons. The highest BCUT2D eigenvalue weighted by Crippen LogP contribution is 2.30. The lowest BCUT2D eigenvalue weighted by molar-refractivity contribution is -0.384. The fraction of sp³-hybridized carbons (Fsp3) is 0. The second kappa shape index (κ2) is 4.23. The number of nitro benzene ring substituents is 1. The Bertz CT molecular complexity index is 555. The number of rotatable bonds is 2. The highest BCUT2D eigenvalue weighted by molar-refractivity contribution is 9.10. The summed E-state index contributed by atoms with van der Waals surface area (Å²) in [6.07, 6.45) is 3.14. The van der Waals surface area contributed by atoms with E-state index in [0.29, 0.717) is 0 Å². The minimum absolute atomic E-state index is 0.0805. The van der Waals surface area contributed by atoms with Crippen LogP contribution >= 0.6 is 27.5 Å². The second-order valence-electron chi connectivity index (χ2n) is 2.97. The third kappa shape index (κ3) is 1.94. The van der Waals surface area contributed by atoms with Crippen LogP contribution in [0.5, 0.6) is 0 Å². The second-order valence-corrected chi connectivity index (χ2v) is 4.29. The highest BCUT2D eigenvalue weighted by atomic mass is 79.9. The van der Waals surface area contributed by atoms with Gasteiger partial charge in [-0.25, -0.2) is 4.68 Å². The first kappa shape index (κ1) is 11.1. The van der Waals surface area contributed by atoms with E-state index in [0.717, 1.165) is 4.47 Å². The van der Waals surface area contributed by atoms with Gasteiger partial charge in [0.2, 0.25) is 0 Å². The standard InChI is InChI=1S/C9H5BrClN3O2/c10-6-4-12-13(5-6)9-7(11)2-1-3-8(9)14(15)16/h1-5H. The van der Waals surface area contributed by atoms with Crippen molar-refractivity contribution in [3.05, 3.63) is 50.2 Å². The van der Waals surface area contributed by atoms with E-state index in [4.69, 9.17) is 11.6 Å². The van der Waals surface area contributed by atoms with E-state index in [9.17, 15) is 10.1 Å². The fourth-order valence-corrected chi connectivity index (χ4v) is 1.84. The molecule has 0 aliphatic rings. The van der Waals surface area contributed by atoms with Crippen LogP contribution in [-0.2, 0) is 0 Å². The number of nitrogens with zero attached hydrogens (tertiary/aromatic N) is 3. The molecule has 0 atom stereocenters. The van der Waals surface area contributed by atoms with Gasteiger partial charge in [-0.2, -0.15) is 5.10 Å². The van der Waals surface area contributed by atoms with Gasteiger partial charge in [0.15, 0.2) is 5.69 Å². The van der Waals surface area contributed by atoms with Gasteiger partial charge in [0.25, 0.3) is 5.69 Å². The molecular weight excluding hydrogens is 297 g/mol. The van der Waals surface area contributed by atoms with Crippen molar-refractivity contribution in [2.24, 2.45) is 0 Å². The average Bonchev–Trinajstić information content (AvgIpc) is 2.64. The van der Waals surface area contributed by atoms with E-state index in [1.54, 1.807) is 12.3 Å². The summed E-state index contributed by atoms with van der Waals surface area (Å²) in [5, 5.41) is 15.1. The molecule has 16 heavy (non-hydrogen) atoms. The van der Waals surface area contributed by atoms with Crippen LogP contribution in [0.1, 0.15) is 0 Å². The van der Waals surface area contributed by atoms with Crippen LogP contribution in [-0.4, -0.2) is 14.7 Å². The maximum absolute atomic E-state index is 10.8. The lowest BCUT2D eigenvalue weighted by atomic mass is 10.2. The minimum atomic E-state index is -0.489. The molecule has 1 heterocycles. The van der Waals surface area contributed by atoms with Crippen molar-refractivity contribution in [3.8, 4) is 5.69 Å². The minimum Gasteiger partial charge on any atom is -0.258 e. The first-order valence-corrected chi connectivity index (χ1v) is 5.40. The predicted octanol–water partition coefficient (Wildman–Crippen LogP) is 3.20. The third-order valence-electron chi connectivity index (χ3n) is 1.94. The molecular formula is C9H5BrClN3O2. The van der Waals surface area contributed by atoms with Crippen LogP contribution in [0.3, 0.4) is 0 Å². The summed E-state index contributed by atoms with van der Waals surface area (Å²) in [6, 6.07) is 4.50. The largest absolute Gasteiger partial charge is 0.296 e. The molecule has 0 saturated heterocycles. The topological polar surface area (TPSA) is 61.0 Å². The Labute approximate surface area is 104 Å². The fourth-order valence-electron chi connectivity index (χ4n) is 1.30. The van der Waals surface area contributed by atoms with Crippen molar-refractivity contribution in [2.75, 3.05) is 0 Å². The smallest absolute Gasteiger partial charge is 0.258 e. The summed E-state index contributed by atoms with van der Waals surface area (Å²) in [5.41, 5.74) is 0.183. The summed E-state index contributed by atoms with van der Waals surface area (Å²) in [6.45, 7) is 0. The quantitative estimate of drug-likeness (QED) is 0.632. The van der Waals surface area contributed by atoms with Crippen LogP contribution in [0, 0.1) is 10.1 Å². The number of halogens is 2. The average molecular weight is 303 g/mol. The molecule has 0 N–H and O–H groups in total. The molecule has 2 aromatic rings. The zero-order valence-corrected chi connectivity index (χ0v) is 10.1. The molecule has 0 fully saturated rings. The number of hydrogen-bond donors (Lipinski definition) is 0. The van der Waals surface area contributed by atoms with Crippen molar-refractivity contribution in [3.63, 3.8) is 0 Å². The van der Waals surface area contributed by atoms with Gasteiger partial charge in [0.05, 0.1) is 20.6 Å².